The third-order valence-corrected chi connectivity index (χ3v) is 4.46. The van der Waals surface area contributed by atoms with Crippen molar-refractivity contribution in [1.29, 1.82) is 0 Å². The van der Waals surface area contributed by atoms with Crippen LogP contribution in [0.2, 0.25) is 0 Å². The summed E-state index contributed by atoms with van der Waals surface area (Å²) in [4.78, 5) is 5.69. The van der Waals surface area contributed by atoms with Crippen molar-refractivity contribution in [3.63, 3.8) is 0 Å². The molecule has 0 aliphatic carbocycles. The first-order valence-corrected chi connectivity index (χ1v) is 7.66. The molecule has 0 spiro atoms. The fourth-order valence-electron chi connectivity index (χ4n) is 2.28. The van der Waals surface area contributed by atoms with Crippen LogP contribution in [0.1, 0.15) is 46.9 Å². The molecule has 2 aromatic rings. The van der Waals surface area contributed by atoms with E-state index < -0.39 is 0 Å². The predicted octanol–water partition coefficient (Wildman–Crippen LogP) is 4.18. The van der Waals surface area contributed by atoms with Crippen LogP contribution in [-0.2, 0) is 0 Å². The summed E-state index contributed by atoms with van der Waals surface area (Å²) in [6.45, 7) is 8.46. The van der Waals surface area contributed by atoms with Crippen molar-refractivity contribution in [3.8, 4) is 5.75 Å². The lowest BCUT2D eigenvalue weighted by Crippen LogP contribution is -2.22. The molecule has 3 nitrogen and oxygen atoms in total. The number of ether oxygens (including phenoxy) is 1. The van der Waals surface area contributed by atoms with E-state index in [2.05, 4.69) is 56.2 Å². The number of aromatic nitrogens is 1. The van der Waals surface area contributed by atoms with Gasteiger partial charge in [-0.25, -0.2) is 4.98 Å². The minimum atomic E-state index is 0.213. The third-order valence-electron chi connectivity index (χ3n) is 3.37. The van der Waals surface area contributed by atoms with Crippen molar-refractivity contribution in [2.75, 3.05) is 7.11 Å². The molecule has 0 bridgehead atoms. The van der Waals surface area contributed by atoms with Crippen molar-refractivity contribution < 1.29 is 4.74 Å². The van der Waals surface area contributed by atoms with E-state index in [0.717, 1.165) is 10.8 Å². The molecule has 1 aromatic carbocycles. The fraction of sp³-hybridized carbons (Fsp3) is 0.438. The van der Waals surface area contributed by atoms with E-state index in [4.69, 9.17) is 4.74 Å². The zero-order valence-corrected chi connectivity index (χ0v) is 13.5. The van der Waals surface area contributed by atoms with Gasteiger partial charge in [-0.05, 0) is 39.3 Å². The van der Waals surface area contributed by atoms with Gasteiger partial charge in [0.25, 0.3) is 0 Å². The van der Waals surface area contributed by atoms with Gasteiger partial charge in [-0.15, -0.1) is 11.3 Å². The zero-order chi connectivity index (χ0) is 14.7. The van der Waals surface area contributed by atoms with Gasteiger partial charge in [-0.1, -0.05) is 12.1 Å². The number of thiazole rings is 1. The van der Waals surface area contributed by atoms with Crippen molar-refractivity contribution >= 4 is 11.3 Å². The highest BCUT2D eigenvalue weighted by Gasteiger charge is 2.16. The second-order valence-corrected chi connectivity index (χ2v) is 6.43. The number of nitrogens with one attached hydrogen (secondary N) is 1. The Bertz CT molecular complexity index is 580. The Hall–Kier alpha value is -1.39. The second-order valence-electron chi connectivity index (χ2n) is 5.16. The van der Waals surface area contributed by atoms with Crippen LogP contribution in [0.15, 0.2) is 24.4 Å². The molecule has 20 heavy (non-hydrogen) atoms. The molecule has 0 radical (unpaired) electrons. The van der Waals surface area contributed by atoms with E-state index in [1.165, 1.54) is 16.0 Å². The maximum Gasteiger partial charge on any atom is 0.123 e. The second kappa shape index (κ2) is 6.37. The summed E-state index contributed by atoms with van der Waals surface area (Å²) < 4.78 is 5.49. The van der Waals surface area contributed by atoms with Crippen LogP contribution in [-0.4, -0.2) is 12.1 Å². The summed E-state index contributed by atoms with van der Waals surface area (Å²) in [5.74, 6) is 0.938. The van der Waals surface area contributed by atoms with Crippen LogP contribution in [0.5, 0.6) is 5.75 Å². The van der Waals surface area contributed by atoms with Crippen LogP contribution in [0.4, 0.5) is 0 Å². The summed E-state index contributed by atoms with van der Waals surface area (Å²) in [5.41, 5.74) is 2.39. The van der Waals surface area contributed by atoms with E-state index in [1.54, 1.807) is 18.4 Å². The number of hydrogen-bond donors (Lipinski definition) is 1. The number of aryl methyl sites for hydroxylation is 2. The van der Waals surface area contributed by atoms with Crippen molar-refractivity contribution in [2.45, 2.75) is 39.8 Å². The monoisotopic (exact) mass is 290 g/mol. The van der Waals surface area contributed by atoms with Crippen LogP contribution in [0.25, 0.3) is 0 Å². The lowest BCUT2D eigenvalue weighted by atomic mass is 10.0. The third kappa shape index (κ3) is 3.38. The first-order chi connectivity index (χ1) is 9.51. The average molecular weight is 290 g/mol. The lowest BCUT2D eigenvalue weighted by molar-refractivity contribution is 0.396. The maximum absolute atomic E-state index is 5.49. The van der Waals surface area contributed by atoms with Crippen LogP contribution >= 0.6 is 11.3 Å². The molecule has 1 N–H and O–H groups in total. The number of benzene rings is 1. The highest BCUT2D eigenvalue weighted by Crippen LogP contribution is 2.29. The Morgan fingerprint density at radius 3 is 2.55 bits per heavy atom. The Morgan fingerprint density at radius 2 is 1.95 bits per heavy atom. The molecule has 0 saturated carbocycles. The van der Waals surface area contributed by atoms with Gasteiger partial charge < -0.3 is 10.1 Å². The van der Waals surface area contributed by atoms with Gasteiger partial charge in [-0.3, -0.25) is 0 Å². The van der Waals surface area contributed by atoms with E-state index in [0.29, 0.717) is 0 Å². The quantitative estimate of drug-likeness (QED) is 0.897. The number of methoxy groups -OCH3 is 1. The van der Waals surface area contributed by atoms with Crippen molar-refractivity contribution in [1.82, 2.24) is 10.3 Å². The first kappa shape index (κ1) is 15.0. The average Bonchev–Trinajstić information content (AvgIpc) is 2.85. The molecule has 4 heteroatoms. The largest absolute Gasteiger partial charge is 0.496 e. The van der Waals surface area contributed by atoms with Crippen LogP contribution < -0.4 is 10.1 Å². The lowest BCUT2D eigenvalue weighted by Gasteiger charge is -2.21. The predicted molar refractivity (Wildman–Crippen MR) is 84.5 cm³/mol. The summed E-state index contributed by atoms with van der Waals surface area (Å²) in [6.07, 6.45) is 1.93. The molecule has 0 aliphatic heterocycles. The van der Waals surface area contributed by atoms with Gasteiger partial charge >= 0.3 is 0 Å². The van der Waals surface area contributed by atoms with Crippen LogP contribution in [0, 0.1) is 13.8 Å². The smallest absolute Gasteiger partial charge is 0.123 e. The molecule has 0 aliphatic rings. The molecule has 2 unspecified atom stereocenters. The van der Waals surface area contributed by atoms with Gasteiger partial charge in [-0.2, -0.15) is 0 Å². The van der Waals surface area contributed by atoms with Gasteiger partial charge in [0.05, 0.1) is 13.2 Å². The van der Waals surface area contributed by atoms with Gasteiger partial charge in [0.15, 0.2) is 0 Å². The molecule has 2 rings (SSSR count). The molecule has 1 aromatic heterocycles. The van der Waals surface area contributed by atoms with Crippen LogP contribution in [0.3, 0.4) is 0 Å². The molecule has 0 saturated heterocycles. The number of rotatable bonds is 5. The van der Waals surface area contributed by atoms with Gasteiger partial charge in [0.2, 0.25) is 0 Å². The molecule has 0 amide bonds. The maximum atomic E-state index is 5.49. The van der Waals surface area contributed by atoms with E-state index >= 15 is 0 Å². The Balaban J connectivity index is 2.13. The highest BCUT2D eigenvalue weighted by molar-refractivity contribution is 7.11. The molecule has 108 valence electrons. The van der Waals surface area contributed by atoms with Gasteiger partial charge in [0, 0.05) is 22.7 Å². The standard InChI is InChI=1S/C16H22N2OS/c1-10-6-7-14(15(8-10)19-5)12(3)18-13(4)16-17-9-11(2)20-16/h6-9,12-13,18H,1-5H3. The first-order valence-electron chi connectivity index (χ1n) is 6.84. The van der Waals surface area contributed by atoms with Crippen molar-refractivity contribution in [3.05, 3.63) is 45.4 Å². The summed E-state index contributed by atoms with van der Waals surface area (Å²) in [5, 5.41) is 4.71. The highest BCUT2D eigenvalue weighted by atomic mass is 32.1. The number of hydrogen-bond acceptors (Lipinski definition) is 4. The minimum Gasteiger partial charge on any atom is -0.496 e. The van der Waals surface area contributed by atoms with E-state index in [-0.39, 0.29) is 12.1 Å². The zero-order valence-electron chi connectivity index (χ0n) is 12.7. The number of nitrogens with zero attached hydrogens (tertiary/aromatic N) is 1. The molecule has 0 fully saturated rings. The summed E-state index contributed by atoms with van der Waals surface area (Å²) >= 11 is 1.74. The normalized spacial score (nSPS) is 14.1. The summed E-state index contributed by atoms with van der Waals surface area (Å²) in [6, 6.07) is 6.77. The molecular formula is C16H22N2OS. The van der Waals surface area contributed by atoms with Gasteiger partial charge in [0.1, 0.15) is 10.8 Å². The Labute approximate surface area is 125 Å². The van der Waals surface area contributed by atoms with Crippen molar-refractivity contribution in [2.24, 2.45) is 0 Å². The fourth-order valence-corrected chi connectivity index (χ4v) is 3.07. The topological polar surface area (TPSA) is 34.1 Å². The van der Waals surface area contributed by atoms with E-state index in [9.17, 15) is 0 Å². The molecule has 2 atom stereocenters. The Morgan fingerprint density at radius 1 is 1.20 bits per heavy atom. The molecular weight excluding hydrogens is 268 g/mol. The minimum absolute atomic E-state index is 0.213. The summed E-state index contributed by atoms with van der Waals surface area (Å²) in [7, 11) is 1.72. The SMILES string of the molecule is COc1cc(C)ccc1C(C)NC(C)c1ncc(C)s1. The Kier molecular flexibility index (Phi) is 4.78. The molecule has 1 heterocycles. The van der Waals surface area contributed by atoms with E-state index in [1.807, 2.05) is 6.20 Å².